The minimum absolute atomic E-state index is 0.111. The van der Waals surface area contributed by atoms with Crippen LogP contribution in [0.15, 0.2) is 24.3 Å². The van der Waals surface area contributed by atoms with Crippen molar-refractivity contribution in [2.75, 3.05) is 18.9 Å². The third-order valence-corrected chi connectivity index (χ3v) is 3.87. The topological polar surface area (TPSA) is 55.6 Å². The summed E-state index contributed by atoms with van der Waals surface area (Å²) in [6.45, 7) is 5.37. The van der Waals surface area contributed by atoms with Gasteiger partial charge in [0.15, 0.2) is 0 Å². The van der Waals surface area contributed by atoms with Gasteiger partial charge in [-0.1, -0.05) is 18.2 Å². The van der Waals surface area contributed by atoms with Gasteiger partial charge in [-0.25, -0.2) is 0 Å². The highest BCUT2D eigenvalue weighted by atomic mass is 16.5. The van der Waals surface area contributed by atoms with E-state index in [2.05, 4.69) is 0 Å². The van der Waals surface area contributed by atoms with Crippen molar-refractivity contribution >= 4 is 11.6 Å². The Morgan fingerprint density at radius 3 is 2.89 bits per heavy atom. The van der Waals surface area contributed by atoms with Crippen molar-refractivity contribution in [2.45, 2.75) is 38.8 Å². The van der Waals surface area contributed by atoms with Gasteiger partial charge in [-0.15, -0.1) is 0 Å². The Morgan fingerprint density at radius 2 is 2.16 bits per heavy atom. The summed E-state index contributed by atoms with van der Waals surface area (Å²) in [5.41, 5.74) is 7.70. The summed E-state index contributed by atoms with van der Waals surface area (Å²) in [4.78, 5) is 14.2. The molecule has 0 spiro atoms. The van der Waals surface area contributed by atoms with Crippen LogP contribution in [0, 0.1) is 0 Å². The van der Waals surface area contributed by atoms with E-state index in [1.807, 2.05) is 43.0 Å². The number of hydrogen-bond acceptors (Lipinski definition) is 3. The van der Waals surface area contributed by atoms with E-state index >= 15 is 0 Å². The van der Waals surface area contributed by atoms with Crippen LogP contribution in [0.1, 0.15) is 25.8 Å². The molecular formula is C15H22N2O2. The van der Waals surface area contributed by atoms with Crippen LogP contribution in [0.25, 0.3) is 0 Å². The number of amides is 1. The lowest BCUT2D eigenvalue weighted by Gasteiger charge is -2.38. The number of para-hydroxylation sites is 1. The number of hydrogen-bond donors (Lipinski definition) is 1. The fourth-order valence-electron chi connectivity index (χ4n) is 2.43. The second-order valence-electron chi connectivity index (χ2n) is 5.10. The zero-order valence-electron chi connectivity index (χ0n) is 11.6. The molecule has 1 aliphatic rings. The number of carbonyl (C=O) groups is 1. The molecule has 4 nitrogen and oxygen atoms in total. The van der Waals surface area contributed by atoms with Crippen molar-refractivity contribution in [3.63, 3.8) is 0 Å². The second kappa shape index (κ2) is 6.06. The largest absolute Gasteiger partial charge is 0.399 e. The van der Waals surface area contributed by atoms with Crippen molar-refractivity contribution in [3.8, 4) is 0 Å². The lowest BCUT2D eigenvalue weighted by Crippen LogP contribution is -2.51. The molecule has 2 atom stereocenters. The highest BCUT2D eigenvalue weighted by molar-refractivity contribution is 5.77. The van der Waals surface area contributed by atoms with E-state index < -0.39 is 0 Å². The van der Waals surface area contributed by atoms with Gasteiger partial charge >= 0.3 is 0 Å². The fourth-order valence-corrected chi connectivity index (χ4v) is 2.43. The van der Waals surface area contributed by atoms with Gasteiger partial charge in [0.05, 0.1) is 18.8 Å². The van der Waals surface area contributed by atoms with E-state index in [-0.39, 0.29) is 18.1 Å². The highest BCUT2D eigenvalue weighted by Gasteiger charge is 2.28. The molecule has 4 heteroatoms. The lowest BCUT2D eigenvalue weighted by atomic mass is 10.1. The van der Waals surface area contributed by atoms with Crippen LogP contribution in [0.5, 0.6) is 0 Å². The average molecular weight is 262 g/mol. The number of nitrogen functional groups attached to an aromatic ring is 1. The van der Waals surface area contributed by atoms with E-state index in [1.165, 1.54) is 0 Å². The molecule has 1 aliphatic heterocycles. The number of carbonyl (C=O) groups excluding carboxylic acids is 1. The molecule has 1 aromatic rings. The minimum atomic E-state index is 0.111. The second-order valence-corrected chi connectivity index (χ2v) is 5.10. The molecule has 1 fully saturated rings. The molecule has 0 bridgehead atoms. The van der Waals surface area contributed by atoms with Crippen LogP contribution in [0.4, 0.5) is 5.69 Å². The van der Waals surface area contributed by atoms with Gasteiger partial charge in [0, 0.05) is 18.7 Å². The summed E-state index contributed by atoms with van der Waals surface area (Å²) >= 11 is 0. The maximum absolute atomic E-state index is 12.3. The molecule has 1 heterocycles. The Bertz CT molecular complexity index is 448. The number of benzene rings is 1. The Balaban J connectivity index is 1.92. The third-order valence-electron chi connectivity index (χ3n) is 3.87. The normalized spacial score (nSPS) is 23.4. The van der Waals surface area contributed by atoms with E-state index in [9.17, 15) is 4.79 Å². The van der Waals surface area contributed by atoms with Crippen LogP contribution < -0.4 is 5.73 Å². The molecule has 2 N–H and O–H groups in total. The summed E-state index contributed by atoms with van der Waals surface area (Å²) in [5.74, 6) is 0.186. The Kier molecular flexibility index (Phi) is 4.43. The predicted octanol–water partition coefficient (Wildman–Crippen LogP) is 1.84. The number of nitrogens with two attached hydrogens (primary N) is 1. The van der Waals surface area contributed by atoms with Gasteiger partial charge in [-0.05, 0) is 31.9 Å². The van der Waals surface area contributed by atoms with Crippen LogP contribution in [0.2, 0.25) is 0 Å². The first-order chi connectivity index (χ1) is 9.09. The number of aryl methyl sites for hydroxylation is 1. The number of morpholine rings is 1. The summed E-state index contributed by atoms with van der Waals surface area (Å²) < 4.78 is 5.54. The molecular weight excluding hydrogens is 240 g/mol. The number of anilines is 1. The number of ether oxygens (including phenoxy) is 1. The molecule has 0 aliphatic carbocycles. The first kappa shape index (κ1) is 13.9. The average Bonchev–Trinajstić information content (AvgIpc) is 2.40. The van der Waals surface area contributed by atoms with Crippen molar-refractivity contribution in [1.29, 1.82) is 0 Å². The standard InChI is InChI=1S/C15H22N2O2/c1-11-12(2)19-10-9-17(11)15(18)8-7-13-5-3-4-6-14(13)16/h3-6,11-12H,7-10,16H2,1-2H3. The summed E-state index contributed by atoms with van der Waals surface area (Å²) in [5, 5.41) is 0. The van der Waals surface area contributed by atoms with Crippen LogP contribution in [-0.4, -0.2) is 36.1 Å². The molecule has 0 saturated carbocycles. The van der Waals surface area contributed by atoms with Gasteiger partial charge in [0.25, 0.3) is 0 Å². The van der Waals surface area contributed by atoms with E-state index in [4.69, 9.17) is 10.5 Å². The molecule has 1 aromatic carbocycles. The minimum Gasteiger partial charge on any atom is -0.399 e. The zero-order valence-corrected chi connectivity index (χ0v) is 11.6. The van der Waals surface area contributed by atoms with E-state index in [0.717, 1.165) is 11.3 Å². The van der Waals surface area contributed by atoms with E-state index in [0.29, 0.717) is 26.0 Å². The zero-order chi connectivity index (χ0) is 13.8. The van der Waals surface area contributed by atoms with Crippen molar-refractivity contribution < 1.29 is 9.53 Å². The summed E-state index contributed by atoms with van der Waals surface area (Å²) in [7, 11) is 0. The molecule has 1 saturated heterocycles. The van der Waals surface area contributed by atoms with Crippen LogP contribution in [0.3, 0.4) is 0 Å². The van der Waals surface area contributed by atoms with Crippen molar-refractivity contribution in [1.82, 2.24) is 4.90 Å². The lowest BCUT2D eigenvalue weighted by molar-refractivity contribution is -0.143. The summed E-state index contributed by atoms with van der Waals surface area (Å²) in [6, 6.07) is 7.87. The molecule has 1 amide bonds. The molecule has 104 valence electrons. The van der Waals surface area contributed by atoms with Crippen molar-refractivity contribution in [2.24, 2.45) is 0 Å². The van der Waals surface area contributed by atoms with E-state index in [1.54, 1.807) is 0 Å². The number of nitrogens with zero attached hydrogens (tertiary/aromatic N) is 1. The monoisotopic (exact) mass is 262 g/mol. The first-order valence-corrected chi connectivity index (χ1v) is 6.84. The third kappa shape index (κ3) is 3.26. The SMILES string of the molecule is CC1OCCN(C(=O)CCc2ccccc2N)C1C. The Morgan fingerprint density at radius 1 is 1.42 bits per heavy atom. The maximum Gasteiger partial charge on any atom is 0.223 e. The molecule has 19 heavy (non-hydrogen) atoms. The van der Waals surface area contributed by atoms with Crippen LogP contribution >= 0.6 is 0 Å². The quantitative estimate of drug-likeness (QED) is 0.846. The molecule has 0 aromatic heterocycles. The molecule has 2 rings (SSSR count). The van der Waals surface area contributed by atoms with Crippen molar-refractivity contribution in [3.05, 3.63) is 29.8 Å². The smallest absolute Gasteiger partial charge is 0.223 e. The highest BCUT2D eigenvalue weighted by Crippen LogP contribution is 2.17. The maximum atomic E-state index is 12.3. The first-order valence-electron chi connectivity index (χ1n) is 6.84. The van der Waals surface area contributed by atoms with Gasteiger partial charge in [0.1, 0.15) is 0 Å². The van der Waals surface area contributed by atoms with Gasteiger partial charge in [0.2, 0.25) is 5.91 Å². The Hall–Kier alpha value is -1.55. The van der Waals surface area contributed by atoms with Gasteiger partial charge in [-0.2, -0.15) is 0 Å². The predicted molar refractivity (Wildman–Crippen MR) is 75.8 cm³/mol. The van der Waals surface area contributed by atoms with Gasteiger partial charge in [-0.3, -0.25) is 4.79 Å². The Labute approximate surface area is 114 Å². The number of rotatable bonds is 3. The fraction of sp³-hybridized carbons (Fsp3) is 0.533. The molecule has 0 radical (unpaired) electrons. The van der Waals surface area contributed by atoms with Crippen LogP contribution in [-0.2, 0) is 16.0 Å². The molecule has 2 unspecified atom stereocenters. The summed E-state index contributed by atoms with van der Waals surface area (Å²) in [6.07, 6.45) is 1.31. The van der Waals surface area contributed by atoms with Gasteiger partial charge < -0.3 is 15.4 Å².